The summed E-state index contributed by atoms with van der Waals surface area (Å²) < 4.78 is 10.6. The van der Waals surface area contributed by atoms with Crippen molar-refractivity contribution >= 4 is 5.91 Å². The predicted octanol–water partition coefficient (Wildman–Crippen LogP) is 1.57. The molecule has 1 amide bonds. The van der Waals surface area contributed by atoms with E-state index in [1.165, 1.54) is 0 Å². The highest BCUT2D eigenvalue weighted by molar-refractivity contribution is 5.75. The van der Waals surface area contributed by atoms with Gasteiger partial charge in [-0.05, 0) is 13.0 Å². The Bertz CT molecular complexity index is 178. The Morgan fingerprint density at radius 3 is 2.05 bits per heavy atom. The topological polar surface area (TPSA) is 59.6 Å². The van der Waals surface area contributed by atoms with E-state index in [0.29, 0.717) is 39.4 Å². The molecule has 0 bridgehead atoms. The van der Waals surface area contributed by atoms with Crippen LogP contribution in [0.5, 0.6) is 0 Å². The lowest BCUT2D eigenvalue weighted by molar-refractivity contribution is -0.121. The molecule has 0 aliphatic heterocycles. The normalized spacial score (nSPS) is 9.68. The molecule has 0 aromatic rings. The molecule has 0 atom stereocenters. The van der Waals surface area contributed by atoms with E-state index in [4.69, 9.17) is 9.47 Å². The third-order valence-electron chi connectivity index (χ3n) is 2.09. The summed E-state index contributed by atoms with van der Waals surface area (Å²) >= 11 is 0. The number of amides is 1. The Kier molecular flexibility index (Phi) is 21.4. The van der Waals surface area contributed by atoms with Crippen molar-refractivity contribution in [2.45, 2.75) is 40.5 Å². The molecule has 5 nitrogen and oxygen atoms in total. The smallest absolute Gasteiger partial charge is 0.220 e. The van der Waals surface area contributed by atoms with Crippen molar-refractivity contribution in [1.29, 1.82) is 0 Å². The van der Waals surface area contributed by atoms with Crippen molar-refractivity contribution in [3.63, 3.8) is 0 Å². The van der Waals surface area contributed by atoms with Gasteiger partial charge < -0.3 is 20.1 Å². The Balaban J connectivity index is 0. The maximum atomic E-state index is 11.1. The van der Waals surface area contributed by atoms with E-state index in [-0.39, 0.29) is 5.91 Å². The zero-order chi connectivity index (χ0) is 14.8. The number of hydrogen-bond acceptors (Lipinski definition) is 4. The SMILES string of the molecule is CC.CCCC(=O)NCCOCCOCCNCC. The lowest BCUT2D eigenvalue weighted by Gasteiger charge is -2.07. The third-order valence-corrected chi connectivity index (χ3v) is 2.09. The van der Waals surface area contributed by atoms with E-state index in [1.807, 2.05) is 20.8 Å². The van der Waals surface area contributed by atoms with Gasteiger partial charge in [-0.3, -0.25) is 4.79 Å². The number of ether oxygens (including phenoxy) is 2. The number of rotatable bonds is 12. The van der Waals surface area contributed by atoms with Gasteiger partial charge in [0.1, 0.15) is 0 Å². The average Bonchev–Trinajstić information content (AvgIpc) is 2.43. The van der Waals surface area contributed by atoms with Crippen LogP contribution in [-0.4, -0.2) is 52.0 Å². The monoisotopic (exact) mass is 276 g/mol. The van der Waals surface area contributed by atoms with E-state index in [1.54, 1.807) is 0 Å². The number of carbonyl (C=O) groups excluding carboxylic acids is 1. The van der Waals surface area contributed by atoms with Gasteiger partial charge in [0.25, 0.3) is 0 Å². The molecule has 0 aromatic carbocycles. The summed E-state index contributed by atoms with van der Waals surface area (Å²) in [6.07, 6.45) is 1.47. The highest BCUT2D eigenvalue weighted by atomic mass is 16.5. The van der Waals surface area contributed by atoms with Crippen LogP contribution in [0.1, 0.15) is 40.5 Å². The van der Waals surface area contributed by atoms with Crippen LogP contribution < -0.4 is 10.6 Å². The Morgan fingerprint density at radius 1 is 0.947 bits per heavy atom. The van der Waals surface area contributed by atoms with Crippen LogP contribution in [0.25, 0.3) is 0 Å². The predicted molar refractivity (Wildman–Crippen MR) is 79.4 cm³/mol. The molecule has 0 unspecified atom stereocenters. The molecular formula is C14H32N2O3. The van der Waals surface area contributed by atoms with Gasteiger partial charge in [-0.2, -0.15) is 0 Å². The molecule has 116 valence electrons. The van der Waals surface area contributed by atoms with Gasteiger partial charge >= 0.3 is 0 Å². The van der Waals surface area contributed by atoms with Crippen LogP contribution in [0.2, 0.25) is 0 Å². The summed E-state index contributed by atoms with van der Waals surface area (Å²) in [5.41, 5.74) is 0. The second-order valence-electron chi connectivity index (χ2n) is 3.68. The third kappa shape index (κ3) is 19.9. The summed E-state index contributed by atoms with van der Waals surface area (Å²) in [6.45, 7) is 12.9. The number of hydrogen-bond donors (Lipinski definition) is 2. The van der Waals surface area contributed by atoms with Gasteiger partial charge in [0, 0.05) is 19.5 Å². The minimum absolute atomic E-state index is 0.0954. The average molecular weight is 276 g/mol. The molecular weight excluding hydrogens is 244 g/mol. The van der Waals surface area contributed by atoms with Gasteiger partial charge in [0.15, 0.2) is 0 Å². The molecule has 0 saturated heterocycles. The second kappa shape index (κ2) is 19.7. The summed E-state index contributed by atoms with van der Waals surface area (Å²) in [5.74, 6) is 0.0954. The molecule has 0 spiro atoms. The zero-order valence-corrected chi connectivity index (χ0v) is 13.1. The molecule has 0 rings (SSSR count). The van der Waals surface area contributed by atoms with Crippen molar-refractivity contribution in [1.82, 2.24) is 10.6 Å². The van der Waals surface area contributed by atoms with Crippen molar-refractivity contribution in [2.75, 3.05) is 46.1 Å². The molecule has 2 N–H and O–H groups in total. The highest BCUT2D eigenvalue weighted by Crippen LogP contribution is 1.85. The summed E-state index contributed by atoms with van der Waals surface area (Å²) in [6, 6.07) is 0. The zero-order valence-electron chi connectivity index (χ0n) is 13.1. The van der Waals surface area contributed by atoms with E-state index in [0.717, 1.165) is 19.5 Å². The summed E-state index contributed by atoms with van der Waals surface area (Å²) in [7, 11) is 0. The lowest BCUT2D eigenvalue weighted by Crippen LogP contribution is -2.27. The van der Waals surface area contributed by atoms with Gasteiger partial charge in [-0.1, -0.05) is 27.7 Å². The van der Waals surface area contributed by atoms with E-state index < -0.39 is 0 Å². The molecule has 0 saturated carbocycles. The van der Waals surface area contributed by atoms with Crippen LogP contribution in [0, 0.1) is 0 Å². The maximum Gasteiger partial charge on any atom is 0.220 e. The largest absolute Gasteiger partial charge is 0.378 e. The van der Waals surface area contributed by atoms with Crippen molar-refractivity contribution in [3.05, 3.63) is 0 Å². The first-order valence-electron chi connectivity index (χ1n) is 7.44. The molecule has 0 aliphatic carbocycles. The van der Waals surface area contributed by atoms with Crippen LogP contribution in [0.15, 0.2) is 0 Å². The first kappa shape index (κ1) is 20.7. The van der Waals surface area contributed by atoms with Gasteiger partial charge in [0.05, 0.1) is 26.4 Å². The standard InChI is InChI=1S/C12H26N2O3.C2H6/c1-3-5-12(15)14-7-9-17-11-10-16-8-6-13-4-2;1-2/h13H,3-11H2,1-2H3,(H,14,15);1-2H3. The van der Waals surface area contributed by atoms with Crippen molar-refractivity contribution in [2.24, 2.45) is 0 Å². The van der Waals surface area contributed by atoms with Crippen LogP contribution >= 0.6 is 0 Å². The van der Waals surface area contributed by atoms with Gasteiger partial charge in [-0.25, -0.2) is 0 Å². The van der Waals surface area contributed by atoms with E-state index in [2.05, 4.69) is 17.6 Å². The molecule has 0 aliphatic rings. The molecule has 0 aromatic heterocycles. The summed E-state index contributed by atoms with van der Waals surface area (Å²) in [4.78, 5) is 11.1. The Hall–Kier alpha value is -0.650. The van der Waals surface area contributed by atoms with Gasteiger partial charge in [0.2, 0.25) is 5.91 Å². The van der Waals surface area contributed by atoms with E-state index in [9.17, 15) is 4.79 Å². The number of likely N-dealkylation sites (N-methyl/N-ethyl adjacent to an activating group) is 1. The summed E-state index contributed by atoms with van der Waals surface area (Å²) in [5, 5.41) is 5.96. The van der Waals surface area contributed by atoms with Crippen molar-refractivity contribution in [3.8, 4) is 0 Å². The fraction of sp³-hybridized carbons (Fsp3) is 0.929. The van der Waals surface area contributed by atoms with Gasteiger partial charge in [-0.15, -0.1) is 0 Å². The lowest BCUT2D eigenvalue weighted by atomic mass is 10.3. The van der Waals surface area contributed by atoms with Crippen LogP contribution in [-0.2, 0) is 14.3 Å². The highest BCUT2D eigenvalue weighted by Gasteiger charge is 1.97. The van der Waals surface area contributed by atoms with E-state index >= 15 is 0 Å². The molecule has 19 heavy (non-hydrogen) atoms. The first-order valence-corrected chi connectivity index (χ1v) is 7.44. The minimum Gasteiger partial charge on any atom is -0.378 e. The number of carbonyl (C=O) groups is 1. The molecule has 5 heteroatoms. The number of nitrogens with one attached hydrogen (secondary N) is 2. The molecule has 0 radical (unpaired) electrons. The molecule has 0 fully saturated rings. The van der Waals surface area contributed by atoms with Crippen molar-refractivity contribution < 1.29 is 14.3 Å². The fourth-order valence-electron chi connectivity index (χ4n) is 1.22. The van der Waals surface area contributed by atoms with Crippen LogP contribution in [0.3, 0.4) is 0 Å². The molecule has 0 heterocycles. The maximum absolute atomic E-state index is 11.1. The Labute approximate surface area is 118 Å². The quantitative estimate of drug-likeness (QED) is 0.531. The van der Waals surface area contributed by atoms with Crippen LogP contribution in [0.4, 0.5) is 0 Å². The fourth-order valence-corrected chi connectivity index (χ4v) is 1.22. The second-order valence-corrected chi connectivity index (χ2v) is 3.68. The minimum atomic E-state index is 0.0954. The Morgan fingerprint density at radius 2 is 1.53 bits per heavy atom. The first-order chi connectivity index (χ1) is 9.31.